The highest BCUT2D eigenvalue weighted by molar-refractivity contribution is 4.97. The molecule has 5 nitrogen and oxygen atoms in total. The molecule has 0 amide bonds. The third-order valence-corrected chi connectivity index (χ3v) is 4.56. The van der Waals surface area contributed by atoms with E-state index in [0.29, 0.717) is 12.6 Å². The molecule has 1 aliphatic carbocycles. The molecule has 1 aromatic rings. The van der Waals surface area contributed by atoms with E-state index in [1.807, 2.05) is 4.68 Å². The van der Waals surface area contributed by atoms with Crippen molar-refractivity contribution < 1.29 is 4.74 Å². The number of ether oxygens (including phenoxy) is 1. The molecule has 1 unspecified atom stereocenters. The van der Waals surface area contributed by atoms with Crippen molar-refractivity contribution in [3.8, 4) is 0 Å². The monoisotopic (exact) mass is 264 g/mol. The molecule has 1 aliphatic heterocycles. The van der Waals surface area contributed by atoms with Gasteiger partial charge in [0.15, 0.2) is 0 Å². The van der Waals surface area contributed by atoms with Crippen molar-refractivity contribution in [1.82, 2.24) is 15.0 Å². The first-order valence-corrected chi connectivity index (χ1v) is 7.56. The van der Waals surface area contributed by atoms with Crippen LogP contribution in [0, 0.1) is 0 Å². The average molecular weight is 264 g/mol. The largest absolute Gasteiger partial charge is 0.375 e. The van der Waals surface area contributed by atoms with Crippen LogP contribution in [0.25, 0.3) is 0 Å². The minimum absolute atomic E-state index is 0.126. The first kappa shape index (κ1) is 13.1. The Kier molecular flexibility index (Phi) is 3.84. The molecule has 0 radical (unpaired) electrons. The van der Waals surface area contributed by atoms with Crippen LogP contribution in [0.2, 0.25) is 0 Å². The smallest absolute Gasteiger partial charge is 0.0839 e. The summed E-state index contributed by atoms with van der Waals surface area (Å²) in [6.45, 7) is 1.49. The molecule has 2 heterocycles. The van der Waals surface area contributed by atoms with Gasteiger partial charge in [-0.1, -0.05) is 24.5 Å². The summed E-state index contributed by atoms with van der Waals surface area (Å²) < 4.78 is 8.18. The fourth-order valence-corrected chi connectivity index (χ4v) is 3.53. The molecule has 0 aromatic carbocycles. The van der Waals surface area contributed by atoms with Gasteiger partial charge in [-0.2, -0.15) is 0 Å². The van der Waals surface area contributed by atoms with Gasteiger partial charge in [-0.3, -0.25) is 0 Å². The quantitative estimate of drug-likeness (QED) is 0.904. The summed E-state index contributed by atoms with van der Waals surface area (Å²) in [7, 11) is 0. The van der Waals surface area contributed by atoms with Crippen LogP contribution in [0.1, 0.15) is 56.7 Å². The van der Waals surface area contributed by atoms with E-state index < -0.39 is 0 Å². The average Bonchev–Trinajstić information content (AvgIpc) is 2.89. The van der Waals surface area contributed by atoms with Gasteiger partial charge in [0.05, 0.1) is 17.3 Å². The summed E-state index contributed by atoms with van der Waals surface area (Å²) in [6.07, 6.45) is 11.4. The lowest BCUT2D eigenvalue weighted by Gasteiger charge is -2.43. The zero-order valence-electron chi connectivity index (χ0n) is 11.6. The molecular formula is C14H24N4O. The SMILES string of the molecule is NCCc1cn(C2CCOC3(CCCCC3)C2)nn1. The van der Waals surface area contributed by atoms with Crippen LogP contribution in [0.15, 0.2) is 6.20 Å². The molecule has 5 heteroatoms. The number of aromatic nitrogens is 3. The predicted molar refractivity (Wildman–Crippen MR) is 72.8 cm³/mol. The minimum atomic E-state index is 0.126. The van der Waals surface area contributed by atoms with E-state index in [2.05, 4.69) is 16.5 Å². The van der Waals surface area contributed by atoms with E-state index in [-0.39, 0.29) is 5.60 Å². The molecular weight excluding hydrogens is 240 g/mol. The van der Waals surface area contributed by atoms with Crippen molar-refractivity contribution in [3.63, 3.8) is 0 Å². The van der Waals surface area contributed by atoms with Gasteiger partial charge in [0.25, 0.3) is 0 Å². The molecule has 0 bridgehead atoms. The van der Waals surface area contributed by atoms with Gasteiger partial charge in [0.1, 0.15) is 0 Å². The molecule has 1 aromatic heterocycles. The molecule has 2 fully saturated rings. The Hall–Kier alpha value is -0.940. The molecule has 1 atom stereocenters. The lowest BCUT2D eigenvalue weighted by atomic mass is 9.78. The third-order valence-electron chi connectivity index (χ3n) is 4.56. The lowest BCUT2D eigenvalue weighted by Crippen LogP contribution is -2.42. The molecule has 1 saturated heterocycles. The van der Waals surface area contributed by atoms with Crippen molar-refractivity contribution in [1.29, 1.82) is 0 Å². The van der Waals surface area contributed by atoms with Gasteiger partial charge >= 0.3 is 0 Å². The van der Waals surface area contributed by atoms with Crippen LogP contribution < -0.4 is 5.73 Å². The Morgan fingerprint density at radius 3 is 3.00 bits per heavy atom. The summed E-state index contributed by atoms with van der Waals surface area (Å²) in [5.74, 6) is 0. The first-order valence-electron chi connectivity index (χ1n) is 7.56. The maximum atomic E-state index is 6.13. The van der Waals surface area contributed by atoms with E-state index in [9.17, 15) is 0 Å². The molecule has 3 rings (SSSR count). The zero-order valence-corrected chi connectivity index (χ0v) is 11.6. The third kappa shape index (κ3) is 2.82. The van der Waals surface area contributed by atoms with Crippen molar-refractivity contribution in [2.24, 2.45) is 5.73 Å². The van der Waals surface area contributed by atoms with Crippen molar-refractivity contribution in [2.45, 2.75) is 63.0 Å². The maximum absolute atomic E-state index is 6.13. The number of hydrogen-bond donors (Lipinski definition) is 1. The topological polar surface area (TPSA) is 66.0 Å². The van der Waals surface area contributed by atoms with Crippen molar-refractivity contribution >= 4 is 0 Å². The fraction of sp³-hybridized carbons (Fsp3) is 0.857. The highest BCUT2D eigenvalue weighted by atomic mass is 16.5. The summed E-state index contributed by atoms with van der Waals surface area (Å²) in [5.41, 5.74) is 6.70. The maximum Gasteiger partial charge on any atom is 0.0839 e. The number of hydrogen-bond acceptors (Lipinski definition) is 4. The van der Waals surface area contributed by atoms with E-state index in [0.717, 1.165) is 31.6 Å². The molecule has 2 N–H and O–H groups in total. The van der Waals surface area contributed by atoms with Gasteiger partial charge in [0, 0.05) is 19.2 Å². The van der Waals surface area contributed by atoms with Gasteiger partial charge in [-0.25, -0.2) is 4.68 Å². The van der Waals surface area contributed by atoms with Gasteiger partial charge < -0.3 is 10.5 Å². The van der Waals surface area contributed by atoms with Crippen LogP contribution in [-0.2, 0) is 11.2 Å². The first-order chi connectivity index (χ1) is 9.31. The van der Waals surface area contributed by atoms with Gasteiger partial charge in [-0.05, 0) is 32.2 Å². The highest BCUT2D eigenvalue weighted by Gasteiger charge is 2.39. The predicted octanol–water partition coefficient (Wildman–Crippen LogP) is 1.83. The Morgan fingerprint density at radius 1 is 1.37 bits per heavy atom. The standard InChI is InChI=1S/C14H24N4O/c15-8-4-12-11-18(17-16-12)13-5-9-19-14(10-13)6-2-1-3-7-14/h11,13H,1-10,15H2. The summed E-state index contributed by atoms with van der Waals surface area (Å²) in [4.78, 5) is 0. The number of nitrogens with zero attached hydrogens (tertiary/aromatic N) is 3. The fourth-order valence-electron chi connectivity index (χ4n) is 3.53. The molecule has 1 spiro atoms. The molecule has 19 heavy (non-hydrogen) atoms. The van der Waals surface area contributed by atoms with E-state index >= 15 is 0 Å². The van der Waals surface area contributed by atoms with Crippen LogP contribution in [0.4, 0.5) is 0 Å². The van der Waals surface area contributed by atoms with E-state index in [1.165, 1.54) is 32.1 Å². The highest BCUT2D eigenvalue weighted by Crippen LogP contribution is 2.41. The van der Waals surface area contributed by atoms with Crippen molar-refractivity contribution in [2.75, 3.05) is 13.2 Å². The van der Waals surface area contributed by atoms with Crippen LogP contribution in [-0.4, -0.2) is 33.7 Å². The second-order valence-electron chi connectivity index (χ2n) is 5.97. The Bertz CT molecular complexity index is 406. The molecule has 106 valence electrons. The molecule has 1 saturated carbocycles. The second-order valence-corrected chi connectivity index (χ2v) is 5.97. The minimum Gasteiger partial charge on any atom is -0.375 e. The Balaban J connectivity index is 1.69. The Morgan fingerprint density at radius 2 is 2.21 bits per heavy atom. The van der Waals surface area contributed by atoms with Crippen molar-refractivity contribution in [3.05, 3.63) is 11.9 Å². The molecule has 2 aliphatic rings. The van der Waals surface area contributed by atoms with E-state index in [1.54, 1.807) is 0 Å². The summed E-state index contributed by atoms with van der Waals surface area (Å²) in [5, 5.41) is 8.50. The zero-order chi connectivity index (χ0) is 13.1. The van der Waals surface area contributed by atoms with Crippen LogP contribution in [0.5, 0.6) is 0 Å². The number of rotatable bonds is 3. The van der Waals surface area contributed by atoms with E-state index in [4.69, 9.17) is 10.5 Å². The second kappa shape index (κ2) is 5.59. The van der Waals surface area contributed by atoms with Gasteiger partial charge in [-0.15, -0.1) is 5.10 Å². The summed E-state index contributed by atoms with van der Waals surface area (Å²) >= 11 is 0. The van der Waals surface area contributed by atoms with Crippen LogP contribution in [0.3, 0.4) is 0 Å². The normalized spacial score (nSPS) is 26.7. The Labute approximate surface area is 114 Å². The van der Waals surface area contributed by atoms with Gasteiger partial charge in [0.2, 0.25) is 0 Å². The lowest BCUT2D eigenvalue weighted by molar-refractivity contribution is -0.115. The summed E-state index contributed by atoms with van der Waals surface area (Å²) in [6, 6.07) is 0.450. The van der Waals surface area contributed by atoms with Crippen LogP contribution >= 0.6 is 0 Å². The number of nitrogens with two attached hydrogens (primary N) is 1.